The number of alkyl halides is 3. The van der Waals surface area contributed by atoms with Crippen molar-refractivity contribution in [1.82, 2.24) is 10.6 Å². The predicted octanol–water partition coefficient (Wildman–Crippen LogP) is 4.52. The Hall–Kier alpha value is -1.34. The van der Waals surface area contributed by atoms with E-state index in [1.807, 2.05) is 0 Å². The second-order valence-corrected chi connectivity index (χ2v) is 6.80. The molecule has 1 aliphatic heterocycles. The molecular formula is C18H25F3N2OS. The molecule has 0 radical (unpaired) electrons. The van der Waals surface area contributed by atoms with E-state index in [2.05, 4.69) is 34.2 Å². The summed E-state index contributed by atoms with van der Waals surface area (Å²) in [5.74, 6) is 0.819. The van der Waals surface area contributed by atoms with Gasteiger partial charge in [0.05, 0.1) is 0 Å². The fourth-order valence-corrected chi connectivity index (χ4v) is 2.60. The molecule has 0 aromatic heterocycles. The SMILES string of the molecule is C(NCCC1CC1)=C1CCNCC1.FC(F)(F)Oc1ccc(S)cc1. The van der Waals surface area contributed by atoms with Gasteiger partial charge < -0.3 is 15.4 Å². The lowest BCUT2D eigenvalue weighted by Gasteiger charge is -2.15. The summed E-state index contributed by atoms with van der Waals surface area (Å²) >= 11 is 3.91. The summed E-state index contributed by atoms with van der Waals surface area (Å²) in [4.78, 5) is 0.588. The van der Waals surface area contributed by atoms with Crippen LogP contribution in [0.3, 0.4) is 0 Å². The molecule has 0 unspecified atom stereocenters. The van der Waals surface area contributed by atoms with Crippen LogP contribution < -0.4 is 15.4 Å². The molecule has 0 atom stereocenters. The quantitative estimate of drug-likeness (QED) is 0.524. The highest BCUT2D eigenvalue weighted by molar-refractivity contribution is 7.80. The van der Waals surface area contributed by atoms with E-state index in [1.54, 1.807) is 5.57 Å². The summed E-state index contributed by atoms with van der Waals surface area (Å²) in [6.45, 7) is 3.51. The minimum Gasteiger partial charge on any atom is -0.406 e. The number of hydrogen-bond acceptors (Lipinski definition) is 4. The molecule has 3 nitrogen and oxygen atoms in total. The first-order valence-corrected chi connectivity index (χ1v) is 9.04. The van der Waals surface area contributed by atoms with Gasteiger partial charge in [-0.2, -0.15) is 0 Å². The Bertz CT molecular complexity index is 534. The normalized spacial score (nSPS) is 17.4. The van der Waals surface area contributed by atoms with Gasteiger partial charge in [0, 0.05) is 11.4 Å². The maximum Gasteiger partial charge on any atom is 0.573 e. The molecule has 0 bridgehead atoms. The zero-order valence-electron chi connectivity index (χ0n) is 14.1. The predicted molar refractivity (Wildman–Crippen MR) is 95.9 cm³/mol. The van der Waals surface area contributed by atoms with Crippen molar-refractivity contribution in [2.45, 2.75) is 43.4 Å². The van der Waals surface area contributed by atoms with Crippen molar-refractivity contribution >= 4 is 12.6 Å². The number of hydrogen-bond donors (Lipinski definition) is 3. The van der Waals surface area contributed by atoms with Crippen LogP contribution in [-0.2, 0) is 0 Å². The van der Waals surface area contributed by atoms with Crippen LogP contribution in [-0.4, -0.2) is 26.0 Å². The highest BCUT2D eigenvalue weighted by Gasteiger charge is 2.30. The molecule has 1 aromatic carbocycles. The van der Waals surface area contributed by atoms with Crippen molar-refractivity contribution in [2.24, 2.45) is 5.92 Å². The summed E-state index contributed by atoms with van der Waals surface area (Å²) in [5, 5.41) is 6.80. The topological polar surface area (TPSA) is 33.3 Å². The Morgan fingerprint density at radius 1 is 1.16 bits per heavy atom. The van der Waals surface area contributed by atoms with Gasteiger partial charge in [-0.15, -0.1) is 25.8 Å². The van der Waals surface area contributed by atoms with Crippen LogP contribution in [0.15, 0.2) is 40.9 Å². The molecule has 140 valence electrons. The van der Waals surface area contributed by atoms with E-state index in [1.165, 1.54) is 62.9 Å². The summed E-state index contributed by atoms with van der Waals surface area (Å²) in [5.41, 5.74) is 1.59. The van der Waals surface area contributed by atoms with Gasteiger partial charge in [0.2, 0.25) is 0 Å². The van der Waals surface area contributed by atoms with E-state index in [9.17, 15) is 13.2 Å². The fourth-order valence-electron chi connectivity index (χ4n) is 2.45. The van der Waals surface area contributed by atoms with Gasteiger partial charge in [-0.25, -0.2) is 0 Å². The van der Waals surface area contributed by atoms with Gasteiger partial charge in [-0.05, 0) is 68.7 Å². The number of nitrogens with one attached hydrogen (secondary N) is 2. The van der Waals surface area contributed by atoms with Crippen LogP contribution in [0.4, 0.5) is 13.2 Å². The molecule has 1 aliphatic carbocycles. The molecule has 2 N–H and O–H groups in total. The average Bonchev–Trinajstić information content (AvgIpc) is 3.39. The van der Waals surface area contributed by atoms with Crippen molar-refractivity contribution in [3.05, 3.63) is 36.0 Å². The first-order valence-electron chi connectivity index (χ1n) is 8.59. The molecule has 2 aliphatic rings. The Balaban J connectivity index is 0.000000181. The van der Waals surface area contributed by atoms with Gasteiger partial charge in [0.1, 0.15) is 5.75 Å². The summed E-state index contributed by atoms with van der Waals surface area (Å²) in [6, 6.07) is 5.25. The third-order valence-electron chi connectivity index (χ3n) is 4.02. The minimum atomic E-state index is -4.63. The fraction of sp³-hybridized carbons (Fsp3) is 0.556. The first-order chi connectivity index (χ1) is 11.9. The Kier molecular flexibility index (Phi) is 7.96. The maximum absolute atomic E-state index is 11.6. The van der Waals surface area contributed by atoms with Crippen molar-refractivity contribution in [2.75, 3.05) is 19.6 Å². The number of benzene rings is 1. The van der Waals surface area contributed by atoms with Crippen molar-refractivity contribution < 1.29 is 17.9 Å². The third kappa shape index (κ3) is 9.65. The highest BCUT2D eigenvalue weighted by Crippen LogP contribution is 2.31. The second kappa shape index (κ2) is 9.97. The number of rotatable bonds is 5. The molecule has 2 fully saturated rings. The van der Waals surface area contributed by atoms with E-state index >= 15 is 0 Å². The van der Waals surface area contributed by atoms with E-state index in [-0.39, 0.29) is 5.75 Å². The average molecular weight is 374 g/mol. The molecule has 7 heteroatoms. The Morgan fingerprint density at radius 2 is 1.80 bits per heavy atom. The zero-order chi connectivity index (χ0) is 18.1. The van der Waals surface area contributed by atoms with Crippen LogP contribution in [0.25, 0.3) is 0 Å². The van der Waals surface area contributed by atoms with Crippen LogP contribution in [0.1, 0.15) is 32.1 Å². The molecule has 0 spiro atoms. The van der Waals surface area contributed by atoms with E-state index < -0.39 is 6.36 Å². The van der Waals surface area contributed by atoms with Crippen LogP contribution >= 0.6 is 12.6 Å². The Morgan fingerprint density at radius 3 is 2.36 bits per heavy atom. The van der Waals surface area contributed by atoms with Crippen LogP contribution in [0.5, 0.6) is 5.75 Å². The first kappa shape index (κ1) is 20.0. The van der Waals surface area contributed by atoms with Gasteiger partial charge in [0.15, 0.2) is 0 Å². The lowest BCUT2D eigenvalue weighted by atomic mass is 10.1. The van der Waals surface area contributed by atoms with Crippen LogP contribution in [0, 0.1) is 5.92 Å². The van der Waals surface area contributed by atoms with Gasteiger partial charge in [-0.3, -0.25) is 0 Å². The molecule has 3 rings (SSSR count). The lowest BCUT2D eigenvalue weighted by molar-refractivity contribution is -0.274. The summed E-state index contributed by atoms with van der Waals surface area (Å²) in [7, 11) is 0. The number of ether oxygens (including phenoxy) is 1. The minimum absolute atomic E-state index is 0.236. The second-order valence-electron chi connectivity index (χ2n) is 6.28. The maximum atomic E-state index is 11.6. The number of halogens is 3. The molecule has 0 amide bonds. The standard InChI is InChI=1S/C11H20N2.C7H5F3OS/c1-2-10(1)3-8-13-9-11-4-6-12-7-5-11;8-7(9,10)11-5-1-3-6(12)4-2-5/h9-10,12-13H,1-8H2;1-4,12H. The van der Waals surface area contributed by atoms with Crippen LogP contribution in [0.2, 0.25) is 0 Å². The van der Waals surface area contributed by atoms with Gasteiger partial charge in [-0.1, -0.05) is 18.4 Å². The van der Waals surface area contributed by atoms with Crippen molar-refractivity contribution in [1.29, 1.82) is 0 Å². The smallest absolute Gasteiger partial charge is 0.406 e. The summed E-state index contributed by atoms with van der Waals surface area (Å²) in [6.07, 6.45) is 4.42. The van der Waals surface area contributed by atoms with E-state index in [4.69, 9.17) is 0 Å². The molecular weight excluding hydrogens is 349 g/mol. The Labute approximate surface area is 152 Å². The third-order valence-corrected chi connectivity index (χ3v) is 4.31. The van der Waals surface area contributed by atoms with E-state index in [0.29, 0.717) is 4.90 Å². The molecule has 1 saturated carbocycles. The van der Waals surface area contributed by atoms with E-state index in [0.717, 1.165) is 19.0 Å². The van der Waals surface area contributed by atoms with Gasteiger partial charge >= 0.3 is 6.36 Å². The van der Waals surface area contributed by atoms with Crippen molar-refractivity contribution in [3.8, 4) is 5.75 Å². The molecule has 1 aromatic rings. The largest absolute Gasteiger partial charge is 0.573 e. The van der Waals surface area contributed by atoms with Crippen molar-refractivity contribution in [3.63, 3.8) is 0 Å². The van der Waals surface area contributed by atoms with Gasteiger partial charge in [0.25, 0.3) is 0 Å². The zero-order valence-corrected chi connectivity index (χ0v) is 15.0. The lowest BCUT2D eigenvalue weighted by Crippen LogP contribution is -2.24. The monoisotopic (exact) mass is 374 g/mol. The molecule has 1 saturated heterocycles. The molecule has 1 heterocycles. The summed E-state index contributed by atoms with van der Waals surface area (Å²) < 4.78 is 38.4. The number of piperidine rings is 1. The molecule has 25 heavy (non-hydrogen) atoms. The highest BCUT2D eigenvalue weighted by atomic mass is 32.1. The number of thiol groups is 1.